The van der Waals surface area contributed by atoms with Crippen molar-refractivity contribution in [1.82, 2.24) is 15.1 Å². The maximum Gasteiger partial charge on any atom is 0.0645 e. The average molecular weight is 227 g/mol. The average Bonchev–Trinajstić information content (AvgIpc) is 3.06. The van der Waals surface area contributed by atoms with Crippen LogP contribution < -0.4 is 5.32 Å². The number of hydrogen-bond acceptors (Lipinski definition) is 2. The quantitative estimate of drug-likeness (QED) is 0.869. The highest BCUT2D eigenvalue weighted by molar-refractivity contribution is 5.33. The Morgan fingerprint density at radius 1 is 1.29 bits per heavy atom. The fourth-order valence-corrected chi connectivity index (χ4v) is 1.84. The minimum absolute atomic E-state index is 0.748. The molecule has 1 aromatic carbocycles. The first-order chi connectivity index (χ1) is 8.31. The van der Waals surface area contributed by atoms with Crippen molar-refractivity contribution in [3.05, 3.63) is 47.8 Å². The van der Waals surface area contributed by atoms with Crippen molar-refractivity contribution < 1.29 is 0 Å². The predicted octanol–water partition coefficient (Wildman–Crippen LogP) is 2.43. The maximum absolute atomic E-state index is 4.39. The molecule has 0 unspecified atom stereocenters. The largest absolute Gasteiger partial charge is 0.310 e. The number of hydrogen-bond donors (Lipinski definition) is 1. The molecule has 17 heavy (non-hydrogen) atoms. The summed E-state index contributed by atoms with van der Waals surface area (Å²) in [5, 5.41) is 7.88. The Labute approximate surface area is 101 Å². The molecule has 88 valence electrons. The molecule has 0 saturated heterocycles. The molecule has 2 aromatic rings. The van der Waals surface area contributed by atoms with E-state index >= 15 is 0 Å². The minimum Gasteiger partial charge on any atom is -0.310 e. The van der Waals surface area contributed by atoms with Crippen LogP contribution in [0, 0.1) is 6.92 Å². The van der Waals surface area contributed by atoms with Crippen molar-refractivity contribution in [2.24, 2.45) is 0 Å². The van der Waals surface area contributed by atoms with E-state index in [1.54, 1.807) is 0 Å². The molecule has 3 nitrogen and oxygen atoms in total. The van der Waals surface area contributed by atoms with Crippen LogP contribution in [0.25, 0.3) is 5.69 Å². The molecule has 0 amide bonds. The Balaban J connectivity index is 1.72. The molecule has 1 saturated carbocycles. The van der Waals surface area contributed by atoms with Crippen molar-refractivity contribution in [1.29, 1.82) is 0 Å². The molecule has 1 fully saturated rings. The van der Waals surface area contributed by atoms with Gasteiger partial charge in [0.25, 0.3) is 0 Å². The highest BCUT2D eigenvalue weighted by atomic mass is 15.3. The second kappa shape index (κ2) is 4.34. The first-order valence-electron chi connectivity index (χ1n) is 6.15. The summed E-state index contributed by atoms with van der Waals surface area (Å²) in [6, 6.07) is 9.16. The van der Waals surface area contributed by atoms with Crippen LogP contribution >= 0.6 is 0 Å². The fourth-order valence-electron chi connectivity index (χ4n) is 1.84. The summed E-state index contributed by atoms with van der Waals surface area (Å²) in [7, 11) is 0. The fraction of sp³-hybridized carbons (Fsp3) is 0.357. The molecule has 3 heteroatoms. The molecule has 0 atom stereocenters. The Morgan fingerprint density at radius 3 is 2.76 bits per heavy atom. The summed E-state index contributed by atoms with van der Waals surface area (Å²) >= 11 is 0. The number of benzene rings is 1. The van der Waals surface area contributed by atoms with Crippen LogP contribution in [0.3, 0.4) is 0 Å². The summed E-state index contributed by atoms with van der Waals surface area (Å²) in [6.45, 7) is 3.02. The minimum atomic E-state index is 0.748. The van der Waals surface area contributed by atoms with Crippen LogP contribution in [0.4, 0.5) is 0 Å². The predicted molar refractivity (Wildman–Crippen MR) is 68.2 cm³/mol. The first-order valence-corrected chi connectivity index (χ1v) is 6.15. The Kier molecular flexibility index (Phi) is 2.69. The van der Waals surface area contributed by atoms with Gasteiger partial charge in [-0.05, 0) is 31.9 Å². The number of aromatic nitrogens is 2. The number of aryl methyl sites for hydroxylation is 1. The van der Waals surface area contributed by atoms with E-state index in [-0.39, 0.29) is 0 Å². The summed E-state index contributed by atoms with van der Waals surface area (Å²) in [6.07, 6.45) is 6.69. The molecule has 0 bridgehead atoms. The van der Waals surface area contributed by atoms with Gasteiger partial charge in [-0.1, -0.05) is 17.7 Å². The molecule has 1 N–H and O–H groups in total. The van der Waals surface area contributed by atoms with Gasteiger partial charge in [-0.15, -0.1) is 0 Å². The normalized spacial score (nSPS) is 15.1. The number of nitrogens with zero attached hydrogens (tertiary/aromatic N) is 2. The van der Waals surface area contributed by atoms with Crippen LogP contribution in [-0.4, -0.2) is 15.8 Å². The third kappa shape index (κ3) is 2.56. The zero-order valence-corrected chi connectivity index (χ0v) is 10.1. The zero-order chi connectivity index (χ0) is 11.7. The standard InChI is InChI=1S/C14H17N3/c1-11-2-6-14(7-3-11)17-10-12(9-16-17)8-15-13-4-5-13/h2-3,6-7,9-10,13,15H,4-5,8H2,1H3. The second-order valence-corrected chi connectivity index (χ2v) is 4.78. The van der Waals surface area contributed by atoms with Crippen LogP contribution in [0.5, 0.6) is 0 Å². The molecule has 1 aliphatic rings. The van der Waals surface area contributed by atoms with Crippen molar-refractivity contribution in [2.75, 3.05) is 0 Å². The zero-order valence-electron chi connectivity index (χ0n) is 10.1. The first kappa shape index (κ1) is 10.5. The van der Waals surface area contributed by atoms with Gasteiger partial charge in [-0.25, -0.2) is 4.68 Å². The summed E-state index contributed by atoms with van der Waals surface area (Å²) in [4.78, 5) is 0. The van der Waals surface area contributed by atoms with Crippen LogP contribution in [0.2, 0.25) is 0 Å². The van der Waals surface area contributed by atoms with Crippen LogP contribution in [0.1, 0.15) is 24.0 Å². The molecule has 1 heterocycles. The lowest BCUT2D eigenvalue weighted by Gasteiger charge is -2.01. The van der Waals surface area contributed by atoms with Gasteiger partial charge < -0.3 is 5.32 Å². The molecule has 1 aliphatic carbocycles. The molecule has 1 aromatic heterocycles. The maximum atomic E-state index is 4.39. The van der Waals surface area contributed by atoms with E-state index in [2.05, 4.69) is 47.8 Å². The van der Waals surface area contributed by atoms with Gasteiger partial charge in [0, 0.05) is 24.3 Å². The van der Waals surface area contributed by atoms with Gasteiger partial charge in [0.2, 0.25) is 0 Å². The third-order valence-corrected chi connectivity index (χ3v) is 3.11. The monoisotopic (exact) mass is 227 g/mol. The SMILES string of the molecule is Cc1ccc(-n2cc(CNC3CC3)cn2)cc1. The van der Waals surface area contributed by atoms with E-state index in [1.165, 1.54) is 24.0 Å². The summed E-state index contributed by atoms with van der Waals surface area (Å²) in [5.41, 5.74) is 3.64. The van der Waals surface area contributed by atoms with Crippen LogP contribution in [-0.2, 0) is 6.54 Å². The third-order valence-electron chi connectivity index (χ3n) is 3.11. The topological polar surface area (TPSA) is 29.9 Å². The Hall–Kier alpha value is -1.61. The van der Waals surface area contributed by atoms with Gasteiger partial charge in [0.1, 0.15) is 0 Å². The second-order valence-electron chi connectivity index (χ2n) is 4.78. The molecule has 3 rings (SSSR count). The smallest absolute Gasteiger partial charge is 0.0645 e. The molecule has 0 aliphatic heterocycles. The van der Waals surface area contributed by atoms with E-state index in [9.17, 15) is 0 Å². The van der Waals surface area contributed by atoms with Gasteiger partial charge in [0.15, 0.2) is 0 Å². The van der Waals surface area contributed by atoms with E-state index < -0.39 is 0 Å². The van der Waals surface area contributed by atoms with Gasteiger partial charge in [-0.3, -0.25) is 0 Å². The molecular formula is C14H17N3. The summed E-state index contributed by atoms with van der Waals surface area (Å²) < 4.78 is 1.93. The van der Waals surface area contributed by atoms with Gasteiger partial charge in [0.05, 0.1) is 11.9 Å². The lowest BCUT2D eigenvalue weighted by Crippen LogP contribution is -2.14. The molecule has 0 radical (unpaired) electrons. The van der Waals surface area contributed by atoms with Gasteiger partial charge in [-0.2, -0.15) is 5.10 Å². The molecular weight excluding hydrogens is 210 g/mol. The summed E-state index contributed by atoms with van der Waals surface area (Å²) in [5.74, 6) is 0. The van der Waals surface area contributed by atoms with Gasteiger partial charge >= 0.3 is 0 Å². The lowest BCUT2D eigenvalue weighted by atomic mass is 10.2. The van der Waals surface area contributed by atoms with Crippen molar-refractivity contribution in [2.45, 2.75) is 32.4 Å². The highest BCUT2D eigenvalue weighted by Crippen LogP contribution is 2.19. The van der Waals surface area contributed by atoms with E-state index in [0.29, 0.717) is 0 Å². The van der Waals surface area contributed by atoms with E-state index in [1.807, 2.05) is 10.9 Å². The number of rotatable bonds is 4. The van der Waals surface area contributed by atoms with Crippen LogP contribution in [0.15, 0.2) is 36.7 Å². The Bertz CT molecular complexity index is 494. The van der Waals surface area contributed by atoms with E-state index in [4.69, 9.17) is 0 Å². The lowest BCUT2D eigenvalue weighted by molar-refractivity contribution is 0.687. The van der Waals surface area contributed by atoms with E-state index in [0.717, 1.165) is 18.3 Å². The van der Waals surface area contributed by atoms with Crippen molar-refractivity contribution >= 4 is 0 Å². The molecule has 0 spiro atoms. The Morgan fingerprint density at radius 2 is 2.06 bits per heavy atom. The van der Waals surface area contributed by atoms with Crippen molar-refractivity contribution in [3.63, 3.8) is 0 Å². The number of nitrogens with one attached hydrogen (secondary N) is 1. The van der Waals surface area contributed by atoms with Crippen molar-refractivity contribution in [3.8, 4) is 5.69 Å². The highest BCUT2D eigenvalue weighted by Gasteiger charge is 2.20.